The van der Waals surface area contributed by atoms with E-state index in [1.807, 2.05) is 14.1 Å². The third-order valence-corrected chi connectivity index (χ3v) is 5.88. The quantitative estimate of drug-likeness (QED) is 0.603. The molecule has 2 heterocycles. The smallest absolute Gasteiger partial charge is 0.267 e. The van der Waals surface area contributed by atoms with Crippen molar-refractivity contribution in [3.05, 3.63) is 53.6 Å². The standard InChI is InChI=1S/C25H28N4O5/c1-16-23(31)28(13-6-12-27(2)3)20-15-17(9-10-21(20)34-16)26-22(30)11-14-29-24(32)18-7-4-5-8-19(18)25(29)33/h4-5,7-10,15-16H,6,11-14H2,1-3H3,(H,26,30). The van der Waals surface area contributed by atoms with Gasteiger partial charge in [-0.15, -0.1) is 0 Å². The lowest BCUT2D eigenvalue weighted by Gasteiger charge is -2.33. The van der Waals surface area contributed by atoms with E-state index in [0.29, 0.717) is 34.8 Å². The fourth-order valence-corrected chi connectivity index (χ4v) is 4.14. The van der Waals surface area contributed by atoms with Crippen LogP contribution in [0.25, 0.3) is 0 Å². The van der Waals surface area contributed by atoms with Gasteiger partial charge in [-0.2, -0.15) is 0 Å². The molecule has 2 aromatic carbocycles. The highest BCUT2D eigenvalue weighted by Crippen LogP contribution is 2.36. The Morgan fingerprint density at radius 3 is 2.32 bits per heavy atom. The Bertz CT molecular complexity index is 1110. The van der Waals surface area contributed by atoms with Crippen LogP contribution < -0.4 is 15.0 Å². The molecule has 0 radical (unpaired) electrons. The maximum Gasteiger partial charge on any atom is 0.267 e. The summed E-state index contributed by atoms with van der Waals surface area (Å²) in [5, 5.41) is 2.80. The molecule has 0 saturated heterocycles. The maximum atomic E-state index is 12.7. The summed E-state index contributed by atoms with van der Waals surface area (Å²) in [5.41, 5.74) is 1.83. The summed E-state index contributed by atoms with van der Waals surface area (Å²) in [5.74, 6) is -0.658. The molecule has 2 aliphatic rings. The molecule has 9 nitrogen and oxygen atoms in total. The van der Waals surface area contributed by atoms with Crippen LogP contribution in [-0.2, 0) is 9.59 Å². The Morgan fingerprint density at radius 2 is 1.68 bits per heavy atom. The molecule has 1 N–H and O–H groups in total. The number of carbonyl (C=O) groups is 4. The van der Waals surface area contributed by atoms with Crippen molar-refractivity contribution in [2.75, 3.05) is 43.9 Å². The van der Waals surface area contributed by atoms with Gasteiger partial charge in [0.1, 0.15) is 5.75 Å². The van der Waals surface area contributed by atoms with Gasteiger partial charge in [0.15, 0.2) is 6.10 Å². The molecule has 0 bridgehead atoms. The number of anilines is 2. The normalized spacial score (nSPS) is 17.1. The topological polar surface area (TPSA) is 99.3 Å². The summed E-state index contributed by atoms with van der Waals surface area (Å²) in [4.78, 5) is 55.1. The van der Waals surface area contributed by atoms with Crippen LogP contribution in [0.1, 0.15) is 40.5 Å². The number of fused-ring (bicyclic) bond motifs is 2. The zero-order valence-corrected chi connectivity index (χ0v) is 19.5. The lowest BCUT2D eigenvalue weighted by Crippen LogP contribution is -2.45. The van der Waals surface area contributed by atoms with Gasteiger partial charge in [-0.25, -0.2) is 0 Å². The SMILES string of the molecule is CC1Oc2ccc(NC(=O)CCN3C(=O)c4ccccc4C3=O)cc2N(CCCN(C)C)C1=O. The third-order valence-electron chi connectivity index (χ3n) is 5.88. The molecule has 4 amide bonds. The second-order valence-corrected chi connectivity index (χ2v) is 8.69. The number of amides is 4. The zero-order valence-electron chi connectivity index (χ0n) is 19.5. The largest absolute Gasteiger partial charge is 0.479 e. The van der Waals surface area contributed by atoms with Crippen LogP contribution >= 0.6 is 0 Å². The first-order valence-corrected chi connectivity index (χ1v) is 11.3. The van der Waals surface area contributed by atoms with Crippen LogP contribution in [0.15, 0.2) is 42.5 Å². The van der Waals surface area contributed by atoms with E-state index < -0.39 is 6.10 Å². The van der Waals surface area contributed by atoms with Gasteiger partial charge >= 0.3 is 0 Å². The fourth-order valence-electron chi connectivity index (χ4n) is 4.14. The molecule has 34 heavy (non-hydrogen) atoms. The molecular formula is C25H28N4O5. The van der Waals surface area contributed by atoms with Crippen LogP contribution in [0.3, 0.4) is 0 Å². The molecule has 0 saturated carbocycles. The molecule has 2 aromatic rings. The minimum Gasteiger partial charge on any atom is -0.479 e. The van der Waals surface area contributed by atoms with Crippen molar-refractivity contribution < 1.29 is 23.9 Å². The van der Waals surface area contributed by atoms with Gasteiger partial charge in [0, 0.05) is 25.2 Å². The minimum absolute atomic E-state index is 0.0150. The Balaban J connectivity index is 1.41. The summed E-state index contributed by atoms with van der Waals surface area (Å²) in [7, 11) is 3.96. The van der Waals surface area contributed by atoms with Crippen LogP contribution in [-0.4, -0.2) is 73.3 Å². The second kappa shape index (κ2) is 9.64. The minimum atomic E-state index is -0.577. The summed E-state index contributed by atoms with van der Waals surface area (Å²) >= 11 is 0. The fraction of sp³-hybridized carbons (Fsp3) is 0.360. The second-order valence-electron chi connectivity index (χ2n) is 8.69. The van der Waals surface area contributed by atoms with Gasteiger partial charge in [-0.05, 0) is 64.3 Å². The highest BCUT2D eigenvalue weighted by Gasteiger charge is 2.35. The zero-order chi connectivity index (χ0) is 24.4. The summed E-state index contributed by atoms with van der Waals surface area (Å²) < 4.78 is 5.74. The summed E-state index contributed by atoms with van der Waals surface area (Å²) in [6, 6.07) is 11.8. The van der Waals surface area contributed by atoms with Gasteiger partial charge in [0.25, 0.3) is 17.7 Å². The monoisotopic (exact) mass is 464 g/mol. The first-order valence-electron chi connectivity index (χ1n) is 11.3. The average Bonchev–Trinajstić information content (AvgIpc) is 3.05. The van der Waals surface area contributed by atoms with Crippen molar-refractivity contribution in [3.8, 4) is 5.75 Å². The third kappa shape index (κ3) is 4.65. The van der Waals surface area contributed by atoms with E-state index in [4.69, 9.17) is 4.74 Å². The van der Waals surface area contributed by atoms with Crippen LogP contribution in [0.2, 0.25) is 0 Å². The van der Waals surface area contributed by atoms with E-state index in [1.54, 1.807) is 54.3 Å². The van der Waals surface area contributed by atoms with Crippen molar-refractivity contribution in [3.63, 3.8) is 0 Å². The molecule has 0 fully saturated rings. The van der Waals surface area contributed by atoms with Gasteiger partial charge in [0.05, 0.1) is 16.8 Å². The Morgan fingerprint density at radius 1 is 1.00 bits per heavy atom. The number of rotatable bonds is 8. The Hall–Kier alpha value is -3.72. The van der Waals surface area contributed by atoms with Crippen molar-refractivity contribution in [2.24, 2.45) is 0 Å². The number of nitrogens with zero attached hydrogens (tertiary/aromatic N) is 3. The van der Waals surface area contributed by atoms with Crippen LogP contribution in [0.4, 0.5) is 11.4 Å². The molecule has 4 rings (SSSR count). The molecule has 1 unspecified atom stereocenters. The molecule has 1 atom stereocenters. The van der Waals surface area contributed by atoms with E-state index in [-0.39, 0.29) is 36.6 Å². The van der Waals surface area contributed by atoms with Crippen LogP contribution in [0, 0.1) is 0 Å². The van der Waals surface area contributed by atoms with E-state index in [2.05, 4.69) is 10.2 Å². The molecule has 178 valence electrons. The molecule has 9 heteroatoms. The number of ether oxygens (including phenoxy) is 1. The lowest BCUT2D eigenvalue weighted by atomic mass is 10.1. The predicted molar refractivity (Wildman–Crippen MR) is 127 cm³/mol. The number of hydrogen-bond acceptors (Lipinski definition) is 6. The molecule has 0 spiro atoms. The number of hydrogen-bond donors (Lipinski definition) is 1. The highest BCUT2D eigenvalue weighted by molar-refractivity contribution is 6.21. The number of imide groups is 1. The summed E-state index contributed by atoms with van der Waals surface area (Å²) in [6.07, 6.45) is 0.176. The Kier molecular flexibility index (Phi) is 6.65. The first-order chi connectivity index (χ1) is 16.3. The molecule has 2 aliphatic heterocycles. The Labute approximate surface area is 198 Å². The predicted octanol–water partition coefficient (Wildman–Crippen LogP) is 2.38. The summed E-state index contributed by atoms with van der Waals surface area (Å²) in [6.45, 7) is 3.08. The van der Waals surface area contributed by atoms with Crippen LogP contribution in [0.5, 0.6) is 5.75 Å². The number of benzene rings is 2. The molecular weight excluding hydrogens is 436 g/mol. The van der Waals surface area contributed by atoms with Crippen molar-refractivity contribution >= 4 is 35.0 Å². The molecule has 0 aliphatic carbocycles. The van der Waals surface area contributed by atoms with Crippen molar-refractivity contribution in [1.82, 2.24) is 9.80 Å². The van der Waals surface area contributed by atoms with Gasteiger partial charge < -0.3 is 19.9 Å². The highest BCUT2D eigenvalue weighted by atomic mass is 16.5. The maximum absolute atomic E-state index is 12.7. The van der Waals surface area contributed by atoms with E-state index in [9.17, 15) is 19.2 Å². The van der Waals surface area contributed by atoms with Crippen molar-refractivity contribution in [2.45, 2.75) is 25.9 Å². The van der Waals surface area contributed by atoms with E-state index in [0.717, 1.165) is 17.9 Å². The van der Waals surface area contributed by atoms with E-state index in [1.165, 1.54) is 0 Å². The molecule has 0 aromatic heterocycles. The van der Waals surface area contributed by atoms with Gasteiger partial charge in [-0.1, -0.05) is 12.1 Å². The first kappa shape index (κ1) is 23.4. The van der Waals surface area contributed by atoms with E-state index >= 15 is 0 Å². The van der Waals surface area contributed by atoms with Gasteiger partial charge in [-0.3, -0.25) is 24.1 Å². The van der Waals surface area contributed by atoms with Gasteiger partial charge in [0.2, 0.25) is 5.91 Å². The van der Waals surface area contributed by atoms with Crippen molar-refractivity contribution in [1.29, 1.82) is 0 Å². The number of carbonyl (C=O) groups excluding carboxylic acids is 4. The number of nitrogens with one attached hydrogen (secondary N) is 1. The lowest BCUT2D eigenvalue weighted by molar-refractivity contribution is -0.125. The average molecular weight is 465 g/mol.